The van der Waals surface area contributed by atoms with Gasteiger partial charge in [0.15, 0.2) is 5.69 Å². The number of hydrogen-bond acceptors (Lipinski definition) is 6. The molecule has 1 saturated heterocycles. The Morgan fingerprint density at radius 2 is 1.68 bits per heavy atom. The van der Waals surface area contributed by atoms with E-state index in [-0.39, 0.29) is 17.2 Å². The molecule has 1 amide bonds. The summed E-state index contributed by atoms with van der Waals surface area (Å²) in [6.07, 6.45) is 0. The van der Waals surface area contributed by atoms with Crippen molar-refractivity contribution in [1.29, 1.82) is 0 Å². The van der Waals surface area contributed by atoms with Crippen molar-refractivity contribution in [2.45, 2.75) is 6.04 Å². The van der Waals surface area contributed by atoms with Crippen molar-refractivity contribution in [3.63, 3.8) is 0 Å². The van der Waals surface area contributed by atoms with Crippen LogP contribution in [0.3, 0.4) is 0 Å². The van der Waals surface area contributed by atoms with Gasteiger partial charge in [0.1, 0.15) is 6.04 Å². The minimum Gasteiger partial charge on any atom is -0.468 e. The highest BCUT2D eigenvalue weighted by Crippen LogP contribution is 2.29. The number of ether oxygens (including phenoxy) is 1. The summed E-state index contributed by atoms with van der Waals surface area (Å²) >= 11 is 6.33. The third-order valence-electron chi connectivity index (χ3n) is 5.49. The number of hydrogen-bond donors (Lipinski definition) is 1. The third-order valence-corrected chi connectivity index (χ3v) is 5.83. The van der Waals surface area contributed by atoms with Gasteiger partial charge in [0, 0.05) is 36.6 Å². The van der Waals surface area contributed by atoms with E-state index >= 15 is 0 Å². The SMILES string of the molecule is COC(=O)[C@H](c1ccccc1Cl)N1CCN(C(=O)c2n[nH]c(=O)c3ccccc23)CC1. The molecule has 0 saturated carbocycles. The van der Waals surface area contributed by atoms with Crippen LogP contribution in [-0.2, 0) is 9.53 Å². The molecule has 160 valence electrons. The Morgan fingerprint density at radius 1 is 1.03 bits per heavy atom. The molecule has 1 fully saturated rings. The van der Waals surface area contributed by atoms with E-state index in [1.54, 1.807) is 47.4 Å². The molecule has 8 nitrogen and oxygen atoms in total. The van der Waals surface area contributed by atoms with Crippen molar-refractivity contribution in [3.05, 3.63) is 75.2 Å². The summed E-state index contributed by atoms with van der Waals surface area (Å²) in [5.41, 5.74) is 0.543. The first-order valence-electron chi connectivity index (χ1n) is 9.84. The molecular weight excluding hydrogens is 420 g/mol. The first-order chi connectivity index (χ1) is 15.0. The zero-order valence-electron chi connectivity index (χ0n) is 16.9. The van der Waals surface area contributed by atoms with Crippen LogP contribution in [0, 0.1) is 0 Å². The number of H-pyrrole nitrogens is 1. The number of aromatic amines is 1. The monoisotopic (exact) mass is 440 g/mol. The summed E-state index contributed by atoms with van der Waals surface area (Å²) < 4.78 is 5.01. The molecular formula is C22H21ClN4O4. The van der Waals surface area contributed by atoms with Crippen molar-refractivity contribution in [1.82, 2.24) is 20.0 Å². The molecule has 2 heterocycles. The first kappa shape index (κ1) is 21.0. The number of benzene rings is 2. The maximum absolute atomic E-state index is 13.1. The summed E-state index contributed by atoms with van der Waals surface area (Å²) in [6, 6.07) is 13.4. The smallest absolute Gasteiger partial charge is 0.327 e. The number of esters is 1. The van der Waals surface area contributed by atoms with E-state index in [0.717, 1.165) is 0 Å². The second kappa shape index (κ2) is 8.87. The van der Waals surface area contributed by atoms with Gasteiger partial charge in [-0.05, 0) is 17.7 Å². The molecule has 3 aromatic rings. The van der Waals surface area contributed by atoms with Crippen molar-refractivity contribution < 1.29 is 14.3 Å². The molecule has 1 aliphatic heterocycles. The van der Waals surface area contributed by atoms with E-state index in [9.17, 15) is 14.4 Å². The van der Waals surface area contributed by atoms with E-state index in [1.165, 1.54) is 7.11 Å². The summed E-state index contributed by atoms with van der Waals surface area (Å²) in [7, 11) is 1.35. The van der Waals surface area contributed by atoms with Gasteiger partial charge in [0.05, 0.1) is 12.5 Å². The lowest BCUT2D eigenvalue weighted by molar-refractivity contribution is -0.148. The molecule has 0 bridgehead atoms. The Morgan fingerprint density at radius 3 is 2.35 bits per heavy atom. The molecule has 1 aromatic heterocycles. The van der Waals surface area contributed by atoms with Crippen LogP contribution >= 0.6 is 11.6 Å². The molecule has 0 radical (unpaired) electrons. The van der Waals surface area contributed by atoms with Crippen LogP contribution in [0.15, 0.2) is 53.3 Å². The van der Waals surface area contributed by atoms with Crippen molar-refractivity contribution >= 4 is 34.2 Å². The van der Waals surface area contributed by atoms with Gasteiger partial charge >= 0.3 is 5.97 Å². The Bertz CT molecular complexity index is 1190. The number of methoxy groups -OCH3 is 1. The summed E-state index contributed by atoms with van der Waals surface area (Å²) in [5.74, 6) is -0.666. The quantitative estimate of drug-likeness (QED) is 0.625. The molecule has 1 N–H and O–H groups in total. The van der Waals surface area contributed by atoms with Gasteiger partial charge in [0.25, 0.3) is 11.5 Å². The van der Waals surface area contributed by atoms with Gasteiger partial charge in [-0.25, -0.2) is 9.89 Å². The minimum atomic E-state index is -0.650. The first-order valence-corrected chi connectivity index (χ1v) is 10.2. The van der Waals surface area contributed by atoms with E-state index in [4.69, 9.17) is 16.3 Å². The lowest BCUT2D eigenvalue weighted by atomic mass is 10.0. The predicted molar refractivity (Wildman–Crippen MR) is 116 cm³/mol. The Labute approximate surface area is 183 Å². The highest BCUT2D eigenvalue weighted by molar-refractivity contribution is 6.31. The summed E-state index contributed by atoms with van der Waals surface area (Å²) in [4.78, 5) is 41.3. The standard InChI is InChI=1S/C22H21ClN4O4/c1-31-22(30)19(16-8-4-5-9-17(16)23)26-10-12-27(13-11-26)21(29)18-14-6-2-3-7-15(14)20(28)25-24-18/h2-9,19H,10-13H2,1H3,(H,25,28)/t19-/m0/s1. The van der Waals surface area contributed by atoms with Crippen LogP contribution < -0.4 is 5.56 Å². The summed E-state index contributed by atoms with van der Waals surface area (Å²) in [5, 5.41) is 7.83. The molecule has 31 heavy (non-hydrogen) atoms. The van der Waals surface area contributed by atoms with Gasteiger partial charge in [-0.15, -0.1) is 0 Å². The van der Waals surface area contributed by atoms with Crippen LogP contribution in [0.5, 0.6) is 0 Å². The molecule has 0 aliphatic carbocycles. The third kappa shape index (κ3) is 4.04. The zero-order valence-corrected chi connectivity index (χ0v) is 17.6. The fourth-order valence-electron chi connectivity index (χ4n) is 3.89. The van der Waals surface area contributed by atoms with Crippen LogP contribution in [-0.4, -0.2) is 65.2 Å². The van der Waals surface area contributed by atoms with E-state index in [0.29, 0.717) is 47.5 Å². The molecule has 0 unspecified atom stereocenters. The number of fused-ring (bicyclic) bond motifs is 1. The van der Waals surface area contributed by atoms with Crippen LogP contribution in [0.4, 0.5) is 0 Å². The number of aromatic nitrogens is 2. The fraction of sp³-hybridized carbons (Fsp3) is 0.273. The van der Waals surface area contributed by atoms with Crippen molar-refractivity contribution in [2.75, 3.05) is 33.3 Å². The van der Waals surface area contributed by atoms with E-state index in [1.807, 2.05) is 11.0 Å². The topological polar surface area (TPSA) is 95.6 Å². The average molecular weight is 441 g/mol. The van der Waals surface area contributed by atoms with Crippen molar-refractivity contribution in [2.24, 2.45) is 0 Å². The van der Waals surface area contributed by atoms with Crippen LogP contribution in [0.2, 0.25) is 5.02 Å². The molecule has 1 atom stereocenters. The molecule has 4 rings (SSSR count). The van der Waals surface area contributed by atoms with E-state index in [2.05, 4.69) is 10.2 Å². The van der Waals surface area contributed by atoms with Crippen LogP contribution in [0.1, 0.15) is 22.1 Å². The Hall–Kier alpha value is -3.23. The number of halogens is 1. The Balaban J connectivity index is 1.55. The normalized spacial score (nSPS) is 15.6. The van der Waals surface area contributed by atoms with Gasteiger partial charge in [-0.2, -0.15) is 5.10 Å². The number of piperazine rings is 1. The maximum atomic E-state index is 13.1. The average Bonchev–Trinajstić information content (AvgIpc) is 2.81. The second-order valence-electron chi connectivity index (χ2n) is 7.22. The lowest BCUT2D eigenvalue weighted by Gasteiger charge is -2.38. The molecule has 1 aliphatic rings. The molecule has 9 heteroatoms. The number of carbonyl (C=O) groups excluding carboxylic acids is 2. The van der Waals surface area contributed by atoms with Crippen LogP contribution in [0.25, 0.3) is 10.8 Å². The summed E-state index contributed by atoms with van der Waals surface area (Å²) in [6.45, 7) is 1.70. The number of nitrogens with zero attached hydrogens (tertiary/aromatic N) is 3. The zero-order chi connectivity index (χ0) is 22.0. The number of rotatable bonds is 4. The highest BCUT2D eigenvalue weighted by atomic mass is 35.5. The number of carbonyl (C=O) groups is 2. The van der Waals surface area contributed by atoms with Gasteiger partial charge in [-0.1, -0.05) is 48.0 Å². The number of nitrogens with one attached hydrogen (secondary N) is 1. The fourth-order valence-corrected chi connectivity index (χ4v) is 4.13. The Kier molecular flexibility index (Phi) is 6.01. The largest absolute Gasteiger partial charge is 0.468 e. The lowest BCUT2D eigenvalue weighted by Crippen LogP contribution is -2.51. The number of amides is 1. The minimum absolute atomic E-state index is 0.208. The second-order valence-corrected chi connectivity index (χ2v) is 7.63. The highest BCUT2D eigenvalue weighted by Gasteiger charge is 2.34. The molecule has 0 spiro atoms. The van der Waals surface area contributed by atoms with E-state index < -0.39 is 12.0 Å². The predicted octanol–water partition coefficient (Wildman–Crippen LogP) is 2.25. The van der Waals surface area contributed by atoms with Crippen molar-refractivity contribution in [3.8, 4) is 0 Å². The van der Waals surface area contributed by atoms with Gasteiger partial charge < -0.3 is 9.64 Å². The molecule has 2 aromatic carbocycles. The maximum Gasteiger partial charge on any atom is 0.327 e. The van der Waals surface area contributed by atoms with Gasteiger partial charge in [0.2, 0.25) is 0 Å². The van der Waals surface area contributed by atoms with Gasteiger partial charge in [-0.3, -0.25) is 14.5 Å².